The number of likely N-dealkylation sites (tertiary alicyclic amines) is 1. The monoisotopic (exact) mass is 532 g/mol. The number of carbonyl (C=O) groups excluding carboxylic acids is 2. The van der Waals surface area contributed by atoms with Crippen LogP contribution in [0.15, 0.2) is 60.7 Å². The molecule has 2 atom stereocenters. The zero-order valence-corrected chi connectivity index (χ0v) is 21.5. The van der Waals surface area contributed by atoms with Crippen molar-refractivity contribution in [1.82, 2.24) is 4.90 Å². The predicted octanol–water partition coefficient (Wildman–Crippen LogP) is 5.85. The summed E-state index contributed by atoms with van der Waals surface area (Å²) in [5.74, 6) is -1.48. The summed E-state index contributed by atoms with van der Waals surface area (Å²) in [7, 11) is 0. The topological polar surface area (TPSA) is 86.7 Å². The fourth-order valence-corrected chi connectivity index (χ4v) is 5.49. The van der Waals surface area contributed by atoms with Crippen LogP contribution in [0, 0.1) is 0 Å². The van der Waals surface area contributed by atoms with Gasteiger partial charge in [-0.3, -0.25) is 19.3 Å². The van der Waals surface area contributed by atoms with E-state index in [-0.39, 0.29) is 36.7 Å². The Morgan fingerprint density at radius 2 is 1.77 bits per heavy atom. The SMILES string of the molecule is CCc1cc(C(=O)c2ccc(Cl)cc2)c(NC(=O)CN2C(C(=O)O)CCC2c2ccccc2)s1.Cl. The number of nitrogens with zero attached hydrogens (tertiary/aromatic N) is 1. The normalized spacial score (nSPS) is 17.5. The summed E-state index contributed by atoms with van der Waals surface area (Å²) in [5, 5.41) is 13.6. The van der Waals surface area contributed by atoms with Crippen molar-refractivity contribution in [3.8, 4) is 0 Å². The Bertz CT molecular complexity index is 1200. The van der Waals surface area contributed by atoms with Crippen molar-refractivity contribution in [2.75, 3.05) is 11.9 Å². The predicted molar refractivity (Wildman–Crippen MR) is 141 cm³/mol. The van der Waals surface area contributed by atoms with Crippen LogP contribution in [0.4, 0.5) is 5.00 Å². The highest BCUT2D eigenvalue weighted by atomic mass is 35.5. The van der Waals surface area contributed by atoms with E-state index >= 15 is 0 Å². The molecule has 0 saturated carbocycles. The van der Waals surface area contributed by atoms with Crippen LogP contribution in [0.2, 0.25) is 5.02 Å². The van der Waals surface area contributed by atoms with Gasteiger partial charge in [0, 0.05) is 21.5 Å². The summed E-state index contributed by atoms with van der Waals surface area (Å²) in [6.07, 6.45) is 1.86. The van der Waals surface area contributed by atoms with E-state index in [9.17, 15) is 19.5 Å². The minimum Gasteiger partial charge on any atom is -0.480 e. The van der Waals surface area contributed by atoms with Crippen molar-refractivity contribution in [3.63, 3.8) is 0 Å². The molecule has 0 aliphatic carbocycles. The maximum absolute atomic E-state index is 13.1. The van der Waals surface area contributed by atoms with E-state index in [0.717, 1.165) is 16.9 Å². The Morgan fingerprint density at radius 3 is 2.40 bits per heavy atom. The molecular weight excluding hydrogens is 507 g/mol. The molecule has 1 aliphatic heterocycles. The molecule has 1 aromatic heterocycles. The quantitative estimate of drug-likeness (QED) is 0.355. The molecule has 2 heterocycles. The highest BCUT2D eigenvalue weighted by Gasteiger charge is 2.39. The summed E-state index contributed by atoms with van der Waals surface area (Å²) in [5.41, 5.74) is 1.89. The number of aliphatic carboxylic acids is 1. The lowest BCUT2D eigenvalue weighted by Crippen LogP contribution is -2.42. The smallest absolute Gasteiger partial charge is 0.320 e. The van der Waals surface area contributed by atoms with Crippen molar-refractivity contribution in [2.45, 2.75) is 38.3 Å². The molecule has 0 radical (unpaired) electrons. The number of carboxylic acids is 1. The Kier molecular flexibility index (Phi) is 9.08. The van der Waals surface area contributed by atoms with Crippen molar-refractivity contribution in [3.05, 3.63) is 87.3 Å². The van der Waals surface area contributed by atoms with Gasteiger partial charge in [-0.15, -0.1) is 23.7 Å². The van der Waals surface area contributed by atoms with E-state index in [1.807, 2.05) is 37.3 Å². The molecule has 0 spiro atoms. The molecule has 6 nitrogen and oxygen atoms in total. The molecule has 4 rings (SSSR count). The summed E-state index contributed by atoms with van der Waals surface area (Å²) >= 11 is 7.31. The second kappa shape index (κ2) is 11.8. The number of ketones is 1. The number of anilines is 1. The number of hydrogen-bond donors (Lipinski definition) is 2. The lowest BCUT2D eigenvalue weighted by Gasteiger charge is -2.27. The fourth-order valence-electron chi connectivity index (χ4n) is 4.35. The standard InChI is InChI=1S/C26H25ClN2O4S.ClH/c1-2-19-14-20(24(31)17-8-10-18(27)11-9-17)25(34-19)28-23(30)15-29-21(12-13-22(29)26(32)33)16-6-4-3-5-7-16;/h3-11,14,21-22H,2,12-13,15H2,1H3,(H,28,30)(H,32,33);1H. The number of benzene rings is 2. The number of thiophene rings is 1. The van der Waals surface area contributed by atoms with Gasteiger partial charge in [-0.2, -0.15) is 0 Å². The Hall–Kier alpha value is -2.71. The van der Waals surface area contributed by atoms with Crippen LogP contribution in [0.5, 0.6) is 0 Å². The summed E-state index contributed by atoms with van der Waals surface area (Å²) in [6, 6.07) is 17.2. The maximum Gasteiger partial charge on any atom is 0.320 e. The summed E-state index contributed by atoms with van der Waals surface area (Å²) in [4.78, 5) is 40.8. The molecule has 35 heavy (non-hydrogen) atoms. The van der Waals surface area contributed by atoms with Gasteiger partial charge in [0.05, 0.1) is 12.1 Å². The second-order valence-electron chi connectivity index (χ2n) is 8.22. The Balaban J connectivity index is 0.00000342. The average molecular weight is 533 g/mol. The molecule has 1 saturated heterocycles. The number of rotatable bonds is 8. The van der Waals surface area contributed by atoms with Gasteiger partial charge in [0.15, 0.2) is 5.78 Å². The number of nitrogens with one attached hydrogen (secondary N) is 1. The van der Waals surface area contributed by atoms with Gasteiger partial charge in [-0.05, 0) is 55.2 Å². The lowest BCUT2D eigenvalue weighted by molar-refractivity contribution is -0.143. The first-order valence-corrected chi connectivity index (χ1v) is 12.3. The van der Waals surface area contributed by atoms with Crippen LogP contribution in [-0.4, -0.2) is 40.3 Å². The van der Waals surface area contributed by atoms with Crippen LogP contribution in [0.25, 0.3) is 0 Å². The number of hydrogen-bond acceptors (Lipinski definition) is 5. The van der Waals surface area contributed by atoms with E-state index in [0.29, 0.717) is 34.0 Å². The second-order valence-corrected chi connectivity index (χ2v) is 9.80. The maximum atomic E-state index is 13.1. The summed E-state index contributed by atoms with van der Waals surface area (Å²) < 4.78 is 0. The minimum atomic E-state index is -0.936. The van der Waals surface area contributed by atoms with Gasteiger partial charge >= 0.3 is 5.97 Å². The molecule has 3 aromatic rings. The summed E-state index contributed by atoms with van der Waals surface area (Å²) in [6.45, 7) is 1.91. The van der Waals surface area contributed by atoms with E-state index in [2.05, 4.69) is 5.32 Å². The highest BCUT2D eigenvalue weighted by molar-refractivity contribution is 7.16. The van der Waals surface area contributed by atoms with Gasteiger partial charge in [0.25, 0.3) is 0 Å². The molecule has 0 bridgehead atoms. The third-order valence-electron chi connectivity index (χ3n) is 6.05. The van der Waals surface area contributed by atoms with Gasteiger partial charge < -0.3 is 10.4 Å². The zero-order valence-electron chi connectivity index (χ0n) is 19.1. The number of amides is 1. The molecule has 2 unspecified atom stereocenters. The fraction of sp³-hybridized carbons (Fsp3) is 0.269. The van der Waals surface area contributed by atoms with Gasteiger partial charge in [-0.25, -0.2) is 0 Å². The number of carbonyl (C=O) groups is 3. The van der Waals surface area contributed by atoms with Crippen LogP contribution < -0.4 is 5.32 Å². The molecule has 1 amide bonds. The first-order chi connectivity index (χ1) is 16.4. The first kappa shape index (κ1) is 26.9. The molecule has 1 fully saturated rings. The van der Waals surface area contributed by atoms with E-state index in [1.165, 1.54) is 11.3 Å². The van der Waals surface area contributed by atoms with Crippen LogP contribution >= 0.6 is 35.3 Å². The van der Waals surface area contributed by atoms with Crippen LogP contribution in [-0.2, 0) is 16.0 Å². The van der Waals surface area contributed by atoms with Crippen molar-refractivity contribution >= 4 is 58.0 Å². The third kappa shape index (κ3) is 6.11. The highest BCUT2D eigenvalue weighted by Crippen LogP contribution is 2.36. The van der Waals surface area contributed by atoms with Gasteiger partial charge in [-0.1, -0.05) is 48.9 Å². The van der Waals surface area contributed by atoms with Crippen molar-refractivity contribution < 1.29 is 19.5 Å². The molecular formula is C26H26Cl2N2O4S. The largest absolute Gasteiger partial charge is 0.480 e. The van der Waals surface area contributed by atoms with Crippen molar-refractivity contribution in [2.24, 2.45) is 0 Å². The number of aryl methyl sites for hydroxylation is 1. The number of halogens is 2. The van der Waals surface area contributed by atoms with Gasteiger partial charge in [0.2, 0.25) is 5.91 Å². The average Bonchev–Trinajstić information content (AvgIpc) is 3.44. The molecule has 2 aromatic carbocycles. The third-order valence-corrected chi connectivity index (χ3v) is 7.49. The molecule has 1 aliphatic rings. The lowest BCUT2D eigenvalue weighted by atomic mass is 10.0. The Labute approximate surface area is 219 Å². The van der Waals surface area contributed by atoms with Crippen LogP contribution in [0.1, 0.15) is 52.2 Å². The van der Waals surface area contributed by atoms with E-state index < -0.39 is 12.0 Å². The number of carboxylic acid groups (broad SMARTS) is 1. The minimum absolute atomic E-state index is 0. The van der Waals surface area contributed by atoms with Crippen LogP contribution in [0.3, 0.4) is 0 Å². The molecule has 184 valence electrons. The molecule has 9 heteroatoms. The van der Waals surface area contributed by atoms with E-state index in [4.69, 9.17) is 11.6 Å². The Morgan fingerprint density at radius 1 is 1.09 bits per heavy atom. The molecule has 2 N–H and O–H groups in total. The zero-order chi connectivity index (χ0) is 24.2. The first-order valence-electron chi connectivity index (χ1n) is 11.1. The van der Waals surface area contributed by atoms with E-state index in [1.54, 1.807) is 35.2 Å². The van der Waals surface area contributed by atoms with Crippen molar-refractivity contribution in [1.29, 1.82) is 0 Å². The van der Waals surface area contributed by atoms with Gasteiger partial charge in [0.1, 0.15) is 11.0 Å².